The van der Waals surface area contributed by atoms with Gasteiger partial charge < -0.3 is 11.1 Å². The van der Waals surface area contributed by atoms with Crippen LogP contribution in [0.3, 0.4) is 0 Å². The number of nitrogens with one attached hydrogen (secondary N) is 1. The van der Waals surface area contributed by atoms with Crippen LogP contribution in [0.5, 0.6) is 0 Å². The van der Waals surface area contributed by atoms with Crippen molar-refractivity contribution in [2.24, 2.45) is 0 Å². The van der Waals surface area contributed by atoms with E-state index in [0.29, 0.717) is 17.1 Å². The van der Waals surface area contributed by atoms with Crippen molar-refractivity contribution in [1.29, 1.82) is 0 Å². The Morgan fingerprint density at radius 1 is 1.28 bits per heavy atom. The molecule has 3 N–H and O–H groups in total. The summed E-state index contributed by atoms with van der Waals surface area (Å²) < 4.78 is 0. The lowest BCUT2D eigenvalue weighted by Gasteiger charge is -2.10. The number of carbonyl (C=O) groups excluding carboxylic acids is 1. The Morgan fingerprint density at radius 2 is 1.94 bits per heavy atom. The minimum atomic E-state index is -0.227. The molecule has 94 valence electrons. The molecule has 1 amide bonds. The number of amides is 1. The van der Waals surface area contributed by atoms with Gasteiger partial charge in [-0.25, -0.2) is 4.98 Å². The second-order valence-electron chi connectivity index (χ2n) is 4.23. The predicted molar refractivity (Wildman–Crippen MR) is 75.1 cm³/mol. The third-order valence-electron chi connectivity index (χ3n) is 2.77. The van der Waals surface area contributed by atoms with Crippen LogP contribution in [0, 0.1) is 20.8 Å². The first-order valence-corrected chi connectivity index (χ1v) is 6.45. The van der Waals surface area contributed by atoms with E-state index in [-0.39, 0.29) is 5.91 Å². The average Bonchev–Trinajstić information content (AvgIpc) is 2.73. The quantitative estimate of drug-likeness (QED) is 0.817. The molecule has 5 heteroatoms. The molecular weight excluding hydrogens is 246 g/mol. The van der Waals surface area contributed by atoms with E-state index >= 15 is 0 Å². The van der Waals surface area contributed by atoms with Crippen LogP contribution in [0.2, 0.25) is 0 Å². The minimum absolute atomic E-state index is 0.227. The molecule has 0 unspecified atom stereocenters. The van der Waals surface area contributed by atoms with Gasteiger partial charge in [0.2, 0.25) is 0 Å². The maximum atomic E-state index is 12.0. The first-order chi connectivity index (χ1) is 8.47. The molecule has 0 bridgehead atoms. The number of nitrogen functional groups attached to an aromatic ring is 1. The summed E-state index contributed by atoms with van der Waals surface area (Å²) in [6.07, 6.45) is 0. The summed E-state index contributed by atoms with van der Waals surface area (Å²) >= 11 is 1.45. The largest absolute Gasteiger partial charge is 0.397 e. The Bertz CT molecular complexity index is 604. The lowest BCUT2D eigenvalue weighted by Crippen LogP contribution is -2.14. The fourth-order valence-electron chi connectivity index (χ4n) is 1.60. The molecule has 0 saturated heterocycles. The Balaban J connectivity index is 2.24. The van der Waals surface area contributed by atoms with Crippen molar-refractivity contribution >= 4 is 28.6 Å². The SMILES string of the molecule is Cc1nc(C(=O)Nc2cc(C)c(C)cc2N)cs1. The standard InChI is InChI=1S/C13H15N3OS/c1-7-4-10(14)11(5-8(7)2)16-13(17)12-6-18-9(3)15-12/h4-6H,14H2,1-3H3,(H,16,17). The highest BCUT2D eigenvalue weighted by Gasteiger charge is 2.11. The van der Waals surface area contributed by atoms with Crippen molar-refractivity contribution in [1.82, 2.24) is 4.98 Å². The summed E-state index contributed by atoms with van der Waals surface area (Å²) in [6.45, 7) is 5.84. The number of benzene rings is 1. The van der Waals surface area contributed by atoms with Gasteiger partial charge in [0.25, 0.3) is 5.91 Å². The summed E-state index contributed by atoms with van der Waals surface area (Å²) in [5, 5.41) is 5.39. The highest BCUT2D eigenvalue weighted by Crippen LogP contribution is 2.23. The zero-order valence-corrected chi connectivity index (χ0v) is 11.4. The summed E-state index contributed by atoms with van der Waals surface area (Å²) in [5.41, 5.74) is 9.71. The molecule has 2 rings (SSSR count). The second kappa shape index (κ2) is 4.78. The first kappa shape index (κ1) is 12.6. The fourth-order valence-corrected chi connectivity index (χ4v) is 2.19. The van der Waals surface area contributed by atoms with Gasteiger partial charge >= 0.3 is 0 Å². The first-order valence-electron chi connectivity index (χ1n) is 5.57. The molecule has 0 saturated carbocycles. The van der Waals surface area contributed by atoms with Gasteiger partial charge in [-0.15, -0.1) is 11.3 Å². The van der Waals surface area contributed by atoms with Crippen molar-refractivity contribution in [2.75, 3.05) is 11.1 Å². The number of aryl methyl sites for hydroxylation is 3. The van der Waals surface area contributed by atoms with Crippen molar-refractivity contribution in [3.8, 4) is 0 Å². The van der Waals surface area contributed by atoms with Gasteiger partial charge in [-0.05, 0) is 44.0 Å². The monoisotopic (exact) mass is 261 g/mol. The van der Waals surface area contributed by atoms with Gasteiger partial charge in [-0.1, -0.05) is 0 Å². The van der Waals surface area contributed by atoms with Crippen LogP contribution in [0.1, 0.15) is 26.6 Å². The van der Waals surface area contributed by atoms with E-state index in [1.54, 1.807) is 5.38 Å². The predicted octanol–water partition coefficient (Wildman–Crippen LogP) is 2.90. The molecule has 1 aromatic carbocycles. The van der Waals surface area contributed by atoms with E-state index in [9.17, 15) is 4.79 Å². The molecule has 0 atom stereocenters. The Kier molecular flexibility index (Phi) is 3.34. The number of anilines is 2. The van der Waals surface area contributed by atoms with Gasteiger partial charge in [0.15, 0.2) is 0 Å². The minimum Gasteiger partial charge on any atom is -0.397 e. The zero-order valence-electron chi connectivity index (χ0n) is 10.6. The van der Waals surface area contributed by atoms with Crippen molar-refractivity contribution < 1.29 is 4.79 Å². The molecule has 4 nitrogen and oxygen atoms in total. The Morgan fingerprint density at radius 3 is 2.56 bits per heavy atom. The number of carbonyl (C=O) groups is 1. The van der Waals surface area contributed by atoms with Crippen molar-refractivity contribution in [3.63, 3.8) is 0 Å². The van der Waals surface area contributed by atoms with Crippen molar-refractivity contribution in [3.05, 3.63) is 39.3 Å². The highest BCUT2D eigenvalue weighted by molar-refractivity contribution is 7.09. The van der Waals surface area contributed by atoms with Crippen LogP contribution < -0.4 is 11.1 Å². The van der Waals surface area contributed by atoms with Crippen LogP contribution in [0.4, 0.5) is 11.4 Å². The molecule has 1 heterocycles. The van der Waals surface area contributed by atoms with Crippen LogP contribution in [0.25, 0.3) is 0 Å². The maximum absolute atomic E-state index is 12.0. The van der Waals surface area contributed by atoms with Crippen LogP contribution in [0.15, 0.2) is 17.5 Å². The highest BCUT2D eigenvalue weighted by atomic mass is 32.1. The number of nitrogens with two attached hydrogens (primary N) is 1. The van der Waals surface area contributed by atoms with E-state index in [1.807, 2.05) is 32.9 Å². The second-order valence-corrected chi connectivity index (χ2v) is 5.29. The van der Waals surface area contributed by atoms with Gasteiger partial charge in [0.05, 0.1) is 16.4 Å². The maximum Gasteiger partial charge on any atom is 0.275 e. The average molecular weight is 261 g/mol. The van der Waals surface area contributed by atoms with Crippen LogP contribution >= 0.6 is 11.3 Å². The van der Waals surface area contributed by atoms with Gasteiger partial charge in [-0.2, -0.15) is 0 Å². The van der Waals surface area contributed by atoms with E-state index in [1.165, 1.54) is 11.3 Å². The lowest BCUT2D eigenvalue weighted by molar-refractivity contribution is 0.102. The Labute approximate surface area is 110 Å². The summed E-state index contributed by atoms with van der Waals surface area (Å²) in [6, 6.07) is 3.74. The van der Waals surface area contributed by atoms with Crippen molar-refractivity contribution in [2.45, 2.75) is 20.8 Å². The number of rotatable bonds is 2. The van der Waals surface area contributed by atoms with Gasteiger partial charge in [0.1, 0.15) is 5.69 Å². The number of aromatic nitrogens is 1. The van der Waals surface area contributed by atoms with E-state index in [2.05, 4.69) is 10.3 Å². The normalized spacial score (nSPS) is 10.4. The van der Waals surface area contributed by atoms with Crippen LogP contribution in [-0.4, -0.2) is 10.9 Å². The van der Waals surface area contributed by atoms with Crippen LogP contribution in [-0.2, 0) is 0 Å². The van der Waals surface area contributed by atoms with Gasteiger partial charge in [0, 0.05) is 5.38 Å². The number of hydrogen-bond acceptors (Lipinski definition) is 4. The summed E-state index contributed by atoms with van der Waals surface area (Å²) in [7, 11) is 0. The number of hydrogen-bond donors (Lipinski definition) is 2. The summed E-state index contributed by atoms with van der Waals surface area (Å²) in [4.78, 5) is 16.1. The molecule has 18 heavy (non-hydrogen) atoms. The molecular formula is C13H15N3OS. The molecule has 0 radical (unpaired) electrons. The molecule has 1 aromatic heterocycles. The molecule has 0 spiro atoms. The fraction of sp³-hybridized carbons (Fsp3) is 0.231. The number of nitrogens with zero attached hydrogens (tertiary/aromatic N) is 1. The third-order valence-corrected chi connectivity index (χ3v) is 3.54. The molecule has 0 aliphatic rings. The van der Waals surface area contributed by atoms with E-state index in [4.69, 9.17) is 5.73 Å². The van der Waals surface area contributed by atoms with E-state index < -0.39 is 0 Å². The van der Waals surface area contributed by atoms with Gasteiger partial charge in [-0.3, -0.25) is 4.79 Å². The lowest BCUT2D eigenvalue weighted by atomic mass is 10.1. The topological polar surface area (TPSA) is 68.0 Å². The third kappa shape index (κ3) is 2.51. The zero-order chi connectivity index (χ0) is 13.3. The smallest absolute Gasteiger partial charge is 0.275 e. The van der Waals surface area contributed by atoms with E-state index in [0.717, 1.165) is 16.1 Å². The number of thiazole rings is 1. The molecule has 0 aliphatic heterocycles. The Hall–Kier alpha value is -1.88. The molecule has 0 aliphatic carbocycles. The summed E-state index contributed by atoms with van der Waals surface area (Å²) in [5.74, 6) is -0.227. The molecule has 2 aromatic rings. The molecule has 0 fully saturated rings.